The lowest BCUT2D eigenvalue weighted by Gasteiger charge is -1.98. The van der Waals surface area contributed by atoms with E-state index in [0.29, 0.717) is 19.0 Å². The van der Waals surface area contributed by atoms with E-state index in [2.05, 4.69) is 5.10 Å². The second-order valence-electron chi connectivity index (χ2n) is 2.48. The molecule has 0 aromatic carbocycles. The monoisotopic (exact) mass is 168 g/mol. The molecule has 0 amide bonds. The molecule has 0 spiro atoms. The molecular formula is C8H12N2O2. The number of ether oxygens (including phenoxy) is 1. The Balaban J connectivity index is 2.68. The molecule has 0 fully saturated rings. The molecule has 0 aliphatic carbocycles. The molecule has 0 saturated heterocycles. The van der Waals surface area contributed by atoms with Crippen LogP contribution in [0, 0.1) is 6.92 Å². The van der Waals surface area contributed by atoms with Gasteiger partial charge in [0.2, 0.25) is 0 Å². The zero-order valence-corrected chi connectivity index (χ0v) is 7.28. The largest absolute Gasteiger partial charge is 0.360 e. The Labute approximate surface area is 71.1 Å². The predicted molar refractivity (Wildman–Crippen MR) is 44.0 cm³/mol. The number of nitrogens with zero attached hydrogens (tertiary/aromatic N) is 2. The maximum atomic E-state index is 10.4. The maximum absolute atomic E-state index is 10.4. The molecule has 0 bridgehead atoms. The molecule has 66 valence electrons. The van der Waals surface area contributed by atoms with Gasteiger partial charge in [0.25, 0.3) is 0 Å². The Morgan fingerprint density at radius 2 is 2.50 bits per heavy atom. The number of hydrogen-bond donors (Lipinski definition) is 0. The van der Waals surface area contributed by atoms with Gasteiger partial charge in [-0.2, -0.15) is 5.10 Å². The third-order valence-corrected chi connectivity index (χ3v) is 1.52. The summed E-state index contributed by atoms with van der Waals surface area (Å²) in [5.41, 5.74) is 1.36. The molecule has 1 aromatic heterocycles. The first-order valence-electron chi connectivity index (χ1n) is 3.85. The third kappa shape index (κ3) is 1.92. The van der Waals surface area contributed by atoms with Crippen LogP contribution < -0.4 is 0 Å². The van der Waals surface area contributed by atoms with Crippen molar-refractivity contribution in [1.29, 1.82) is 0 Å². The van der Waals surface area contributed by atoms with Crippen LogP contribution in [0.4, 0.5) is 0 Å². The van der Waals surface area contributed by atoms with E-state index < -0.39 is 0 Å². The van der Waals surface area contributed by atoms with E-state index in [1.807, 2.05) is 13.8 Å². The Morgan fingerprint density at radius 1 is 1.75 bits per heavy atom. The molecule has 1 heterocycles. The minimum Gasteiger partial charge on any atom is -0.360 e. The van der Waals surface area contributed by atoms with E-state index in [1.54, 1.807) is 10.9 Å². The van der Waals surface area contributed by atoms with Crippen molar-refractivity contribution in [2.24, 2.45) is 0 Å². The molecule has 1 rings (SSSR count). The Hall–Kier alpha value is -1.16. The van der Waals surface area contributed by atoms with Crippen LogP contribution in [0.25, 0.3) is 0 Å². The zero-order valence-electron chi connectivity index (χ0n) is 7.28. The van der Waals surface area contributed by atoms with Crippen LogP contribution in [0.1, 0.15) is 23.0 Å². The van der Waals surface area contributed by atoms with Gasteiger partial charge in [-0.15, -0.1) is 0 Å². The number of carbonyl (C=O) groups excluding carboxylic acids is 1. The van der Waals surface area contributed by atoms with Gasteiger partial charge >= 0.3 is 0 Å². The van der Waals surface area contributed by atoms with Gasteiger partial charge in [0, 0.05) is 12.8 Å². The molecule has 0 radical (unpaired) electrons. The summed E-state index contributed by atoms with van der Waals surface area (Å²) in [6, 6.07) is 0. The Kier molecular flexibility index (Phi) is 2.99. The van der Waals surface area contributed by atoms with Crippen molar-refractivity contribution >= 4 is 6.29 Å². The normalized spacial score (nSPS) is 10.2. The van der Waals surface area contributed by atoms with Crippen molar-refractivity contribution in [3.05, 3.63) is 17.5 Å². The van der Waals surface area contributed by atoms with Gasteiger partial charge in [-0.3, -0.25) is 4.79 Å². The lowest BCUT2D eigenvalue weighted by atomic mass is 10.3. The molecule has 0 unspecified atom stereocenters. The maximum Gasteiger partial charge on any atom is 0.170 e. The van der Waals surface area contributed by atoms with Crippen LogP contribution >= 0.6 is 0 Å². The van der Waals surface area contributed by atoms with Crippen LogP contribution in [0.2, 0.25) is 0 Å². The van der Waals surface area contributed by atoms with Crippen LogP contribution in [0.3, 0.4) is 0 Å². The van der Waals surface area contributed by atoms with Crippen molar-refractivity contribution in [1.82, 2.24) is 9.78 Å². The second kappa shape index (κ2) is 4.01. The van der Waals surface area contributed by atoms with Crippen molar-refractivity contribution in [3.63, 3.8) is 0 Å². The van der Waals surface area contributed by atoms with Gasteiger partial charge < -0.3 is 4.74 Å². The molecule has 0 aliphatic rings. The number of carbonyl (C=O) groups is 1. The molecule has 1 aromatic rings. The van der Waals surface area contributed by atoms with Gasteiger partial charge in [0.05, 0.1) is 0 Å². The summed E-state index contributed by atoms with van der Waals surface area (Å²) in [6.07, 6.45) is 2.54. The molecular weight excluding hydrogens is 156 g/mol. The SMILES string of the molecule is CCOCn1cc(C)c(C=O)n1. The van der Waals surface area contributed by atoms with Crippen molar-refractivity contribution in [2.45, 2.75) is 20.6 Å². The summed E-state index contributed by atoms with van der Waals surface area (Å²) < 4.78 is 6.73. The molecule has 0 N–H and O–H groups in total. The lowest BCUT2D eigenvalue weighted by Crippen LogP contribution is -2.02. The van der Waals surface area contributed by atoms with Gasteiger partial charge in [-0.1, -0.05) is 0 Å². The number of aromatic nitrogens is 2. The first kappa shape index (κ1) is 8.93. The highest BCUT2D eigenvalue weighted by Gasteiger charge is 2.02. The van der Waals surface area contributed by atoms with Gasteiger partial charge in [0.1, 0.15) is 12.4 Å². The Morgan fingerprint density at radius 3 is 3.00 bits per heavy atom. The van der Waals surface area contributed by atoms with E-state index in [4.69, 9.17) is 4.74 Å². The molecule has 4 nitrogen and oxygen atoms in total. The lowest BCUT2D eigenvalue weighted by molar-refractivity contribution is 0.0787. The molecule has 12 heavy (non-hydrogen) atoms. The quantitative estimate of drug-likeness (QED) is 0.630. The predicted octanol–water partition coefficient (Wildman–Crippen LogP) is 0.998. The highest BCUT2D eigenvalue weighted by atomic mass is 16.5. The summed E-state index contributed by atoms with van der Waals surface area (Å²) >= 11 is 0. The summed E-state index contributed by atoms with van der Waals surface area (Å²) in [5, 5.41) is 3.99. The highest BCUT2D eigenvalue weighted by Crippen LogP contribution is 2.01. The van der Waals surface area contributed by atoms with E-state index in [0.717, 1.165) is 11.8 Å². The molecule has 0 saturated carbocycles. The number of aldehydes is 1. The molecule has 0 aliphatic heterocycles. The average molecular weight is 168 g/mol. The average Bonchev–Trinajstić information content (AvgIpc) is 2.43. The van der Waals surface area contributed by atoms with Gasteiger partial charge in [0.15, 0.2) is 6.29 Å². The first-order valence-corrected chi connectivity index (χ1v) is 3.85. The summed E-state index contributed by atoms with van der Waals surface area (Å²) in [4.78, 5) is 10.4. The molecule has 0 atom stereocenters. The van der Waals surface area contributed by atoms with Crippen molar-refractivity contribution in [3.8, 4) is 0 Å². The second-order valence-corrected chi connectivity index (χ2v) is 2.48. The molecule has 4 heteroatoms. The zero-order chi connectivity index (χ0) is 8.97. The van der Waals surface area contributed by atoms with Crippen LogP contribution in [0.5, 0.6) is 0 Å². The third-order valence-electron chi connectivity index (χ3n) is 1.52. The minimum absolute atomic E-state index is 0.408. The van der Waals surface area contributed by atoms with Gasteiger partial charge in [-0.05, 0) is 19.4 Å². The number of aryl methyl sites for hydroxylation is 1. The fourth-order valence-electron chi connectivity index (χ4n) is 0.903. The summed E-state index contributed by atoms with van der Waals surface area (Å²) in [5.74, 6) is 0. The number of rotatable bonds is 4. The standard InChI is InChI=1S/C8H12N2O2/c1-3-12-6-10-4-7(2)8(5-11)9-10/h4-5H,3,6H2,1-2H3. The Bertz CT molecular complexity index is 268. The van der Waals surface area contributed by atoms with E-state index in [9.17, 15) is 4.79 Å². The van der Waals surface area contributed by atoms with Crippen LogP contribution in [0.15, 0.2) is 6.20 Å². The summed E-state index contributed by atoms with van der Waals surface area (Å²) in [7, 11) is 0. The smallest absolute Gasteiger partial charge is 0.170 e. The van der Waals surface area contributed by atoms with E-state index in [-0.39, 0.29) is 0 Å². The van der Waals surface area contributed by atoms with E-state index in [1.165, 1.54) is 0 Å². The highest BCUT2D eigenvalue weighted by molar-refractivity contribution is 5.73. The fraction of sp³-hybridized carbons (Fsp3) is 0.500. The fourth-order valence-corrected chi connectivity index (χ4v) is 0.903. The minimum atomic E-state index is 0.408. The summed E-state index contributed by atoms with van der Waals surface area (Å²) in [6.45, 7) is 4.82. The topological polar surface area (TPSA) is 44.1 Å². The van der Waals surface area contributed by atoms with Crippen molar-refractivity contribution < 1.29 is 9.53 Å². The first-order chi connectivity index (χ1) is 5.77. The van der Waals surface area contributed by atoms with Crippen LogP contribution in [-0.2, 0) is 11.5 Å². The van der Waals surface area contributed by atoms with E-state index >= 15 is 0 Å². The number of hydrogen-bond acceptors (Lipinski definition) is 3. The van der Waals surface area contributed by atoms with Crippen molar-refractivity contribution in [2.75, 3.05) is 6.61 Å². The van der Waals surface area contributed by atoms with Gasteiger partial charge in [-0.25, -0.2) is 4.68 Å². The van der Waals surface area contributed by atoms with Crippen LogP contribution in [-0.4, -0.2) is 22.7 Å².